The van der Waals surface area contributed by atoms with Gasteiger partial charge in [-0.25, -0.2) is 4.98 Å². The Bertz CT molecular complexity index is 818. The van der Waals surface area contributed by atoms with E-state index in [0.29, 0.717) is 5.56 Å². The van der Waals surface area contributed by atoms with Gasteiger partial charge in [0.15, 0.2) is 5.78 Å². The normalized spacial score (nSPS) is 16.5. The smallest absolute Gasteiger partial charge is 0.245 e. The Kier molecular flexibility index (Phi) is 5.40. The van der Waals surface area contributed by atoms with Crippen LogP contribution >= 0.6 is 0 Å². The Morgan fingerprint density at radius 2 is 2.19 bits per heavy atom. The van der Waals surface area contributed by atoms with Crippen LogP contribution in [0.25, 0.3) is 11.0 Å². The number of amides is 1. The average molecular weight is 354 g/mol. The van der Waals surface area contributed by atoms with Crippen LogP contribution in [0.1, 0.15) is 43.5 Å². The molecule has 0 aliphatic carbocycles. The number of aromatic nitrogens is 2. The van der Waals surface area contributed by atoms with Gasteiger partial charge in [-0.1, -0.05) is 20.4 Å². The Morgan fingerprint density at radius 1 is 1.46 bits per heavy atom. The minimum Gasteiger partial charge on any atom is -0.381 e. The predicted molar refractivity (Wildman–Crippen MR) is 103 cm³/mol. The first kappa shape index (κ1) is 18.2. The van der Waals surface area contributed by atoms with E-state index in [1.807, 2.05) is 24.8 Å². The molecule has 0 spiro atoms. The molecule has 6 nitrogen and oxygen atoms in total. The van der Waals surface area contributed by atoms with Crippen LogP contribution in [0.5, 0.6) is 0 Å². The summed E-state index contributed by atoms with van der Waals surface area (Å²) in [4.78, 5) is 33.6. The summed E-state index contributed by atoms with van der Waals surface area (Å²) in [5.74, 6) is 0.137. The van der Waals surface area contributed by atoms with Gasteiger partial charge in [0, 0.05) is 42.2 Å². The van der Waals surface area contributed by atoms with Gasteiger partial charge in [0.05, 0.1) is 11.9 Å². The number of aromatic amines is 1. The van der Waals surface area contributed by atoms with E-state index in [0.717, 1.165) is 49.1 Å². The Morgan fingerprint density at radius 3 is 2.85 bits per heavy atom. The van der Waals surface area contributed by atoms with Gasteiger partial charge in [-0.2, -0.15) is 0 Å². The number of carbonyl (C=O) groups excluding carboxylic acids is 2. The fraction of sp³-hybridized carbons (Fsp3) is 0.450. The standard InChI is InChI=1S/C20H26N4O2/c1-4-13(3)19(26)17-12-22-20-16(17)10-15(11-21-20)23-14-6-8-24(9-7-14)18(25)5-2/h5,10-14,23H,2,4,6-9H2,1,3H3,(H,21,22). The van der Waals surface area contributed by atoms with Crippen molar-refractivity contribution in [3.05, 3.63) is 36.7 Å². The zero-order valence-electron chi connectivity index (χ0n) is 15.4. The number of pyridine rings is 1. The summed E-state index contributed by atoms with van der Waals surface area (Å²) in [6.07, 6.45) is 7.49. The summed E-state index contributed by atoms with van der Waals surface area (Å²) in [5.41, 5.74) is 2.34. The maximum atomic E-state index is 12.6. The lowest BCUT2D eigenvalue weighted by Crippen LogP contribution is -2.41. The van der Waals surface area contributed by atoms with Crippen molar-refractivity contribution in [1.29, 1.82) is 0 Å². The maximum Gasteiger partial charge on any atom is 0.245 e. The van der Waals surface area contributed by atoms with E-state index in [-0.39, 0.29) is 23.7 Å². The summed E-state index contributed by atoms with van der Waals surface area (Å²) in [7, 11) is 0. The van der Waals surface area contributed by atoms with Crippen LogP contribution in [0, 0.1) is 5.92 Å². The highest BCUT2D eigenvalue weighted by molar-refractivity contribution is 6.08. The van der Waals surface area contributed by atoms with E-state index in [1.54, 1.807) is 12.4 Å². The zero-order chi connectivity index (χ0) is 18.7. The van der Waals surface area contributed by atoms with Crippen LogP contribution in [0.4, 0.5) is 5.69 Å². The first-order valence-electron chi connectivity index (χ1n) is 9.22. The zero-order valence-corrected chi connectivity index (χ0v) is 15.4. The van der Waals surface area contributed by atoms with E-state index >= 15 is 0 Å². The number of carbonyl (C=O) groups is 2. The van der Waals surface area contributed by atoms with Gasteiger partial charge >= 0.3 is 0 Å². The fourth-order valence-electron chi connectivity index (χ4n) is 3.35. The number of hydrogen-bond acceptors (Lipinski definition) is 4. The SMILES string of the molecule is C=CC(=O)N1CCC(Nc2cnc3[nH]cc(C(=O)C(C)CC)c3c2)CC1. The number of hydrogen-bond donors (Lipinski definition) is 2. The van der Waals surface area contributed by atoms with Gasteiger partial charge in [0.1, 0.15) is 5.65 Å². The molecule has 1 amide bonds. The summed E-state index contributed by atoms with van der Waals surface area (Å²) >= 11 is 0. The second-order valence-electron chi connectivity index (χ2n) is 6.94. The number of anilines is 1. The van der Waals surface area contributed by atoms with Gasteiger partial charge in [0.2, 0.25) is 5.91 Å². The van der Waals surface area contributed by atoms with Gasteiger partial charge < -0.3 is 15.2 Å². The minimum atomic E-state index is -0.00735. The molecule has 1 aliphatic heterocycles. The van der Waals surface area contributed by atoms with E-state index < -0.39 is 0 Å². The Hall–Kier alpha value is -2.63. The number of nitrogens with zero attached hydrogens (tertiary/aromatic N) is 2. The third-order valence-corrected chi connectivity index (χ3v) is 5.21. The number of ketones is 1. The van der Waals surface area contributed by atoms with Crippen molar-refractivity contribution in [1.82, 2.24) is 14.9 Å². The first-order chi connectivity index (χ1) is 12.5. The first-order valence-corrected chi connectivity index (χ1v) is 9.22. The Balaban J connectivity index is 1.72. The maximum absolute atomic E-state index is 12.6. The Labute approximate surface area is 153 Å². The lowest BCUT2D eigenvalue weighted by Gasteiger charge is -2.32. The molecule has 2 aromatic heterocycles. The van der Waals surface area contributed by atoms with E-state index in [9.17, 15) is 9.59 Å². The lowest BCUT2D eigenvalue weighted by atomic mass is 9.97. The molecular weight excluding hydrogens is 328 g/mol. The number of H-pyrrole nitrogens is 1. The third kappa shape index (κ3) is 3.64. The summed E-state index contributed by atoms with van der Waals surface area (Å²) in [6, 6.07) is 2.28. The lowest BCUT2D eigenvalue weighted by molar-refractivity contribution is -0.126. The monoisotopic (exact) mass is 354 g/mol. The van der Waals surface area contributed by atoms with E-state index in [2.05, 4.69) is 21.9 Å². The van der Waals surface area contributed by atoms with Gasteiger partial charge in [-0.05, 0) is 31.4 Å². The van der Waals surface area contributed by atoms with Crippen LogP contribution in [-0.4, -0.2) is 45.7 Å². The molecular formula is C20H26N4O2. The van der Waals surface area contributed by atoms with Gasteiger partial charge in [-0.3, -0.25) is 9.59 Å². The van der Waals surface area contributed by atoms with Crippen LogP contribution < -0.4 is 5.32 Å². The third-order valence-electron chi connectivity index (χ3n) is 5.21. The number of nitrogens with one attached hydrogen (secondary N) is 2. The molecule has 1 aliphatic rings. The second-order valence-corrected chi connectivity index (χ2v) is 6.94. The molecule has 0 aromatic carbocycles. The molecule has 0 bridgehead atoms. The summed E-state index contributed by atoms with van der Waals surface area (Å²) in [6.45, 7) is 8.96. The highest BCUT2D eigenvalue weighted by atomic mass is 16.2. The largest absolute Gasteiger partial charge is 0.381 e. The van der Waals surface area contributed by atoms with Crippen LogP contribution in [0.15, 0.2) is 31.1 Å². The molecule has 1 saturated heterocycles. The molecule has 1 atom stereocenters. The average Bonchev–Trinajstić information content (AvgIpc) is 3.10. The number of likely N-dealkylation sites (tertiary alicyclic amines) is 1. The number of Topliss-reactive ketones (excluding diaryl/α,β-unsaturated/α-hetero) is 1. The molecule has 2 N–H and O–H groups in total. The van der Waals surface area contributed by atoms with Crippen molar-refractivity contribution < 1.29 is 9.59 Å². The molecule has 0 saturated carbocycles. The van der Waals surface area contributed by atoms with Crippen LogP contribution in [0.3, 0.4) is 0 Å². The van der Waals surface area contributed by atoms with E-state index in [1.165, 1.54) is 6.08 Å². The van der Waals surface area contributed by atoms with Crippen molar-refractivity contribution in [2.24, 2.45) is 5.92 Å². The topological polar surface area (TPSA) is 78.1 Å². The predicted octanol–water partition coefficient (Wildman–Crippen LogP) is 3.38. The molecule has 1 unspecified atom stereocenters. The number of fused-ring (bicyclic) bond motifs is 1. The van der Waals surface area contributed by atoms with Gasteiger partial charge in [0.25, 0.3) is 0 Å². The van der Waals surface area contributed by atoms with Gasteiger partial charge in [-0.15, -0.1) is 0 Å². The minimum absolute atomic E-state index is 0.00246. The molecule has 26 heavy (non-hydrogen) atoms. The second kappa shape index (κ2) is 7.72. The highest BCUT2D eigenvalue weighted by Gasteiger charge is 2.22. The van der Waals surface area contributed by atoms with Crippen molar-refractivity contribution >= 4 is 28.4 Å². The molecule has 3 rings (SSSR count). The molecule has 138 valence electrons. The van der Waals surface area contributed by atoms with Crippen LogP contribution in [0.2, 0.25) is 0 Å². The number of piperidine rings is 1. The van der Waals surface area contributed by atoms with Crippen molar-refractivity contribution in [3.63, 3.8) is 0 Å². The molecule has 3 heterocycles. The van der Waals surface area contributed by atoms with Crippen LogP contribution in [-0.2, 0) is 4.79 Å². The molecule has 0 radical (unpaired) electrons. The fourth-order valence-corrected chi connectivity index (χ4v) is 3.35. The molecule has 1 fully saturated rings. The quantitative estimate of drug-likeness (QED) is 0.616. The van der Waals surface area contributed by atoms with Crippen molar-refractivity contribution in [3.8, 4) is 0 Å². The molecule has 6 heteroatoms. The number of rotatable bonds is 6. The van der Waals surface area contributed by atoms with Crippen molar-refractivity contribution in [2.45, 2.75) is 39.2 Å². The highest BCUT2D eigenvalue weighted by Crippen LogP contribution is 2.25. The van der Waals surface area contributed by atoms with E-state index in [4.69, 9.17) is 0 Å². The summed E-state index contributed by atoms with van der Waals surface area (Å²) < 4.78 is 0. The molecule has 2 aromatic rings. The van der Waals surface area contributed by atoms with Crippen molar-refractivity contribution in [2.75, 3.05) is 18.4 Å². The summed E-state index contributed by atoms with van der Waals surface area (Å²) in [5, 5.41) is 4.36.